The van der Waals surface area contributed by atoms with Crippen LogP contribution in [-0.2, 0) is 4.79 Å². The Morgan fingerprint density at radius 3 is 2.58 bits per heavy atom. The topological polar surface area (TPSA) is 92.1 Å². The van der Waals surface area contributed by atoms with E-state index in [9.17, 15) is 14.7 Å². The van der Waals surface area contributed by atoms with E-state index in [2.05, 4.69) is 9.98 Å². The van der Waals surface area contributed by atoms with E-state index in [0.717, 1.165) is 11.1 Å². The predicted molar refractivity (Wildman–Crippen MR) is 128 cm³/mol. The average molecular weight is 455 g/mol. The number of amidine groups is 1. The van der Waals surface area contributed by atoms with Crippen LogP contribution in [-0.4, -0.2) is 34.9 Å². The van der Waals surface area contributed by atoms with Gasteiger partial charge in [0, 0.05) is 11.1 Å². The zero-order valence-corrected chi connectivity index (χ0v) is 18.2. The molecule has 33 heavy (non-hydrogen) atoms. The Bertz CT molecular complexity index is 1460. The first-order valence-electron chi connectivity index (χ1n) is 10.0. The molecule has 4 aromatic rings. The molecule has 0 saturated carbocycles. The van der Waals surface area contributed by atoms with Crippen LogP contribution in [0.5, 0.6) is 5.75 Å². The zero-order chi connectivity index (χ0) is 22.9. The van der Waals surface area contributed by atoms with Gasteiger partial charge in [0.05, 0.1) is 22.9 Å². The number of fused-ring (bicyclic) bond motifs is 1. The number of carbonyl (C=O) groups excluding carboxylic acids is 1. The highest BCUT2D eigenvalue weighted by atomic mass is 32.1. The van der Waals surface area contributed by atoms with E-state index in [1.807, 2.05) is 54.6 Å². The van der Waals surface area contributed by atoms with Crippen molar-refractivity contribution in [1.82, 2.24) is 4.98 Å². The predicted octanol–water partition coefficient (Wildman–Crippen LogP) is 4.84. The van der Waals surface area contributed by atoms with E-state index in [-0.39, 0.29) is 17.2 Å². The standard InChI is InChI=1S/C25H17N3O4S/c1-32-20-10-6-5-9-16(20)13-19-23(29)28(22(26-19)15-7-3-2-4-8-15)25-27-18-12-11-17(24(30)31)14-21(18)33-25/h2-14H,1H3,(H,30,31)/b19-13-. The summed E-state index contributed by atoms with van der Waals surface area (Å²) < 4.78 is 6.08. The number of carboxylic acids is 1. The molecule has 1 aromatic heterocycles. The molecule has 1 amide bonds. The van der Waals surface area contributed by atoms with Crippen LogP contribution in [0.4, 0.5) is 5.13 Å². The maximum Gasteiger partial charge on any atom is 0.335 e. The number of ether oxygens (including phenoxy) is 1. The largest absolute Gasteiger partial charge is 0.496 e. The smallest absolute Gasteiger partial charge is 0.335 e. The van der Waals surface area contributed by atoms with Gasteiger partial charge >= 0.3 is 5.97 Å². The molecule has 1 N–H and O–H groups in total. The van der Waals surface area contributed by atoms with E-state index in [1.54, 1.807) is 25.3 Å². The van der Waals surface area contributed by atoms with Crippen molar-refractivity contribution in [3.05, 3.63) is 95.2 Å². The number of anilines is 1. The molecular weight excluding hydrogens is 438 g/mol. The molecule has 0 bridgehead atoms. The number of carbonyl (C=O) groups is 2. The summed E-state index contributed by atoms with van der Waals surface area (Å²) in [7, 11) is 1.57. The monoisotopic (exact) mass is 455 g/mol. The van der Waals surface area contributed by atoms with Crippen molar-refractivity contribution in [3.8, 4) is 5.75 Å². The fraction of sp³-hybridized carbons (Fsp3) is 0.0400. The summed E-state index contributed by atoms with van der Waals surface area (Å²) in [6.45, 7) is 0. The third-order valence-corrected chi connectivity index (χ3v) is 6.14. The second kappa shape index (κ2) is 8.33. The number of hydrogen-bond donors (Lipinski definition) is 1. The highest BCUT2D eigenvalue weighted by Gasteiger charge is 2.34. The van der Waals surface area contributed by atoms with Gasteiger partial charge in [0.2, 0.25) is 0 Å². The highest BCUT2D eigenvalue weighted by Crippen LogP contribution is 2.35. The molecule has 5 rings (SSSR count). The first-order chi connectivity index (χ1) is 16.0. The number of rotatable bonds is 5. The molecule has 0 unspecified atom stereocenters. The van der Waals surface area contributed by atoms with Gasteiger partial charge in [-0.25, -0.2) is 19.7 Å². The van der Waals surface area contributed by atoms with E-state index in [1.165, 1.54) is 22.3 Å². The minimum Gasteiger partial charge on any atom is -0.496 e. The number of thiazole rings is 1. The Hall–Kier alpha value is -4.30. The van der Waals surface area contributed by atoms with Crippen molar-refractivity contribution in [2.45, 2.75) is 0 Å². The number of para-hydroxylation sites is 1. The Morgan fingerprint density at radius 2 is 1.82 bits per heavy atom. The van der Waals surface area contributed by atoms with Gasteiger partial charge in [-0.05, 0) is 30.3 Å². The summed E-state index contributed by atoms with van der Waals surface area (Å²) in [5, 5.41) is 9.72. The molecule has 1 aliphatic heterocycles. The maximum atomic E-state index is 13.5. The third kappa shape index (κ3) is 3.77. The lowest BCUT2D eigenvalue weighted by atomic mass is 10.1. The summed E-state index contributed by atoms with van der Waals surface area (Å²) in [5.41, 5.74) is 2.53. The average Bonchev–Trinajstić information content (AvgIpc) is 3.40. The van der Waals surface area contributed by atoms with Gasteiger partial charge in [0.1, 0.15) is 17.3 Å². The maximum absolute atomic E-state index is 13.5. The number of aromatic carboxylic acids is 1. The lowest BCUT2D eigenvalue weighted by molar-refractivity contribution is -0.113. The van der Waals surface area contributed by atoms with Crippen molar-refractivity contribution in [1.29, 1.82) is 0 Å². The van der Waals surface area contributed by atoms with E-state index in [4.69, 9.17) is 4.74 Å². The first-order valence-corrected chi connectivity index (χ1v) is 10.8. The second-order valence-corrected chi connectivity index (χ2v) is 8.21. The minimum atomic E-state index is -1.02. The number of nitrogens with zero attached hydrogens (tertiary/aromatic N) is 3. The number of amides is 1. The molecule has 0 radical (unpaired) electrons. The fourth-order valence-corrected chi connectivity index (χ4v) is 4.55. The number of benzene rings is 3. The Labute approximate surface area is 192 Å². The van der Waals surface area contributed by atoms with Crippen LogP contribution in [0.3, 0.4) is 0 Å². The van der Waals surface area contributed by atoms with Crippen molar-refractivity contribution < 1.29 is 19.4 Å². The molecule has 0 aliphatic carbocycles. The van der Waals surface area contributed by atoms with Crippen LogP contribution in [0.25, 0.3) is 16.3 Å². The van der Waals surface area contributed by atoms with E-state index >= 15 is 0 Å². The number of methoxy groups -OCH3 is 1. The Morgan fingerprint density at radius 1 is 1.06 bits per heavy atom. The van der Waals surface area contributed by atoms with Crippen LogP contribution in [0.2, 0.25) is 0 Å². The normalized spacial score (nSPS) is 14.7. The second-order valence-electron chi connectivity index (χ2n) is 7.20. The van der Waals surface area contributed by atoms with Gasteiger partial charge in [-0.3, -0.25) is 4.79 Å². The van der Waals surface area contributed by atoms with Gasteiger partial charge in [-0.1, -0.05) is 59.9 Å². The van der Waals surface area contributed by atoms with E-state index < -0.39 is 5.97 Å². The van der Waals surface area contributed by atoms with Crippen molar-refractivity contribution >= 4 is 50.5 Å². The Kier molecular flexibility index (Phi) is 5.20. The highest BCUT2D eigenvalue weighted by molar-refractivity contribution is 7.22. The number of carboxylic acid groups (broad SMARTS) is 1. The lowest BCUT2D eigenvalue weighted by Gasteiger charge is -2.14. The summed E-state index contributed by atoms with van der Waals surface area (Å²) in [6.07, 6.45) is 1.69. The molecular formula is C25H17N3O4S. The van der Waals surface area contributed by atoms with Crippen molar-refractivity contribution in [3.63, 3.8) is 0 Å². The summed E-state index contributed by atoms with van der Waals surface area (Å²) in [4.78, 5) is 35.6. The van der Waals surface area contributed by atoms with Crippen LogP contribution in [0.1, 0.15) is 21.5 Å². The van der Waals surface area contributed by atoms with Gasteiger partial charge in [0.15, 0.2) is 5.13 Å². The molecule has 0 saturated heterocycles. The summed E-state index contributed by atoms with van der Waals surface area (Å²) in [5.74, 6) is -0.247. The van der Waals surface area contributed by atoms with Gasteiger partial charge in [-0.2, -0.15) is 0 Å². The first kappa shape index (κ1) is 20.6. The molecule has 3 aromatic carbocycles. The molecule has 0 spiro atoms. The van der Waals surface area contributed by atoms with Gasteiger partial charge < -0.3 is 9.84 Å². The van der Waals surface area contributed by atoms with Crippen LogP contribution < -0.4 is 9.64 Å². The van der Waals surface area contributed by atoms with Crippen LogP contribution in [0, 0.1) is 0 Å². The van der Waals surface area contributed by atoms with Crippen molar-refractivity contribution in [2.24, 2.45) is 4.99 Å². The van der Waals surface area contributed by atoms with E-state index in [0.29, 0.717) is 26.9 Å². The SMILES string of the molecule is COc1ccccc1/C=C1\N=C(c2ccccc2)N(c2nc3ccc(C(=O)O)cc3s2)C1=O. The van der Waals surface area contributed by atoms with Crippen LogP contribution in [0.15, 0.2) is 83.5 Å². The molecule has 1 aliphatic rings. The summed E-state index contributed by atoms with van der Waals surface area (Å²) in [6, 6.07) is 21.5. The lowest BCUT2D eigenvalue weighted by Crippen LogP contribution is -2.32. The quantitative estimate of drug-likeness (QED) is 0.435. The number of aliphatic imine (C=N–C) groups is 1. The van der Waals surface area contributed by atoms with Gasteiger partial charge in [-0.15, -0.1) is 0 Å². The molecule has 0 fully saturated rings. The van der Waals surface area contributed by atoms with Crippen LogP contribution >= 0.6 is 11.3 Å². The summed E-state index contributed by atoms with van der Waals surface area (Å²) >= 11 is 1.24. The Balaban J connectivity index is 1.64. The molecule has 2 heterocycles. The molecule has 8 heteroatoms. The van der Waals surface area contributed by atoms with Crippen molar-refractivity contribution in [2.75, 3.05) is 12.0 Å². The molecule has 162 valence electrons. The minimum absolute atomic E-state index is 0.166. The molecule has 0 atom stereocenters. The third-order valence-electron chi connectivity index (χ3n) is 5.14. The fourth-order valence-electron chi connectivity index (χ4n) is 3.55. The molecule has 7 nitrogen and oxygen atoms in total. The number of aromatic nitrogens is 1. The number of hydrogen-bond acceptors (Lipinski definition) is 6. The van der Waals surface area contributed by atoms with Gasteiger partial charge in [0.25, 0.3) is 5.91 Å². The zero-order valence-electron chi connectivity index (χ0n) is 17.4.